The molecule has 0 unspecified atom stereocenters. The average molecular weight is 372 g/mol. The average Bonchev–Trinajstić information content (AvgIpc) is 3.33. The lowest BCUT2D eigenvalue weighted by Crippen LogP contribution is -2.33. The number of nitrogens with zero attached hydrogens (tertiary/aromatic N) is 1. The van der Waals surface area contributed by atoms with Crippen LogP contribution in [0.15, 0.2) is 41.3 Å². The predicted octanol–water partition coefficient (Wildman–Crippen LogP) is 4.28. The number of halogens is 3. The third-order valence-corrected chi connectivity index (χ3v) is 6.27. The van der Waals surface area contributed by atoms with Gasteiger partial charge in [0.1, 0.15) is 16.5 Å². The highest BCUT2D eigenvalue weighted by atomic mass is 35.5. The number of hydrogen-bond donors (Lipinski definition) is 0. The monoisotopic (exact) mass is 371 g/mol. The Morgan fingerprint density at radius 2 is 1.88 bits per heavy atom. The highest BCUT2D eigenvalue weighted by Gasteiger charge is 2.40. The molecule has 0 spiro atoms. The molecule has 0 N–H and O–H groups in total. The summed E-state index contributed by atoms with van der Waals surface area (Å²) in [6, 6.07) is 7.86. The fraction of sp³-hybridized carbons (Fsp3) is 0.294. The third kappa shape index (κ3) is 3.31. The summed E-state index contributed by atoms with van der Waals surface area (Å²) in [5.74, 6) is -1.39. The van der Waals surface area contributed by atoms with Gasteiger partial charge in [0.15, 0.2) is 0 Å². The molecule has 24 heavy (non-hydrogen) atoms. The molecule has 0 amide bonds. The zero-order valence-electron chi connectivity index (χ0n) is 13.0. The Labute approximate surface area is 144 Å². The van der Waals surface area contributed by atoms with Gasteiger partial charge < -0.3 is 0 Å². The second kappa shape index (κ2) is 6.43. The Bertz CT molecular complexity index is 862. The van der Waals surface area contributed by atoms with Crippen molar-refractivity contribution in [1.29, 1.82) is 0 Å². The Balaban J connectivity index is 2.04. The Kier molecular flexibility index (Phi) is 4.64. The van der Waals surface area contributed by atoms with Gasteiger partial charge in [-0.15, -0.1) is 0 Å². The summed E-state index contributed by atoms with van der Waals surface area (Å²) in [6.45, 7) is 1.47. The molecule has 7 heteroatoms. The van der Waals surface area contributed by atoms with E-state index in [0.29, 0.717) is 18.4 Å². The molecule has 1 fully saturated rings. The molecule has 1 saturated carbocycles. The molecule has 0 aliphatic heterocycles. The molecule has 0 atom stereocenters. The van der Waals surface area contributed by atoms with Crippen LogP contribution in [0.2, 0.25) is 5.02 Å². The summed E-state index contributed by atoms with van der Waals surface area (Å²) in [5, 5.41) is 0.153. The SMILES string of the molecule is Cc1ccc(F)c(S(=O)(=O)N(Cc2c(F)cccc2Cl)C2CC2)c1. The molecule has 2 aromatic rings. The zero-order valence-corrected chi connectivity index (χ0v) is 14.5. The second-order valence-electron chi connectivity index (χ2n) is 5.92. The van der Waals surface area contributed by atoms with Crippen LogP contribution in [-0.2, 0) is 16.6 Å². The number of sulfonamides is 1. The fourth-order valence-corrected chi connectivity index (χ4v) is 4.57. The van der Waals surface area contributed by atoms with Gasteiger partial charge in [0, 0.05) is 23.2 Å². The van der Waals surface area contributed by atoms with Crippen LogP contribution in [0, 0.1) is 18.6 Å². The molecule has 128 valence electrons. The minimum Gasteiger partial charge on any atom is -0.207 e. The van der Waals surface area contributed by atoms with E-state index in [2.05, 4.69) is 0 Å². The first-order valence-electron chi connectivity index (χ1n) is 7.51. The third-order valence-electron chi connectivity index (χ3n) is 4.00. The predicted molar refractivity (Wildman–Crippen MR) is 88.3 cm³/mol. The van der Waals surface area contributed by atoms with Crippen molar-refractivity contribution < 1.29 is 17.2 Å². The number of aryl methyl sites for hydroxylation is 1. The minimum absolute atomic E-state index is 0.0997. The molecule has 3 rings (SSSR count). The van der Waals surface area contributed by atoms with E-state index < -0.39 is 21.7 Å². The van der Waals surface area contributed by atoms with Gasteiger partial charge in [-0.3, -0.25) is 0 Å². The molecule has 3 nitrogen and oxygen atoms in total. The van der Waals surface area contributed by atoms with Gasteiger partial charge in [0.2, 0.25) is 10.0 Å². The Morgan fingerprint density at radius 3 is 2.50 bits per heavy atom. The first-order chi connectivity index (χ1) is 11.3. The highest BCUT2D eigenvalue weighted by Crippen LogP contribution is 2.35. The van der Waals surface area contributed by atoms with Crippen molar-refractivity contribution in [2.75, 3.05) is 0 Å². The maximum atomic E-state index is 14.1. The standard InChI is InChI=1S/C17H16ClF2NO2S/c1-11-5-8-16(20)17(9-11)24(22,23)21(12-6-7-12)10-13-14(18)3-2-4-15(13)19/h2-5,8-9,12H,6-7,10H2,1H3. The van der Waals surface area contributed by atoms with Crippen LogP contribution >= 0.6 is 11.6 Å². The first-order valence-corrected chi connectivity index (χ1v) is 9.33. The number of benzene rings is 2. The zero-order chi connectivity index (χ0) is 17.5. The minimum atomic E-state index is -4.09. The smallest absolute Gasteiger partial charge is 0.207 e. The van der Waals surface area contributed by atoms with Gasteiger partial charge in [0.05, 0.1) is 0 Å². The molecule has 2 aromatic carbocycles. The Morgan fingerprint density at radius 1 is 1.17 bits per heavy atom. The summed E-state index contributed by atoms with van der Waals surface area (Å²) < 4.78 is 55.2. The van der Waals surface area contributed by atoms with Crippen LogP contribution in [-0.4, -0.2) is 18.8 Å². The van der Waals surface area contributed by atoms with Crippen molar-refractivity contribution in [2.45, 2.75) is 37.2 Å². The molecule has 0 heterocycles. The molecule has 0 saturated heterocycles. The quantitative estimate of drug-likeness (QED) is 0.786. The maximum Gasteiger partial charge on any atom is 0.246 e. The van der Waals surface area contributed by atoms with Crippen molar-refractivity contribution in [1.82, 2.24) is 4.31 Å². The summed E-state index contributed by atoms with van der Waals surface area (Å²) >= 11 is 6.02. The summed E-state index contributed by atoms with van der Waals surface area (Å²) in [6.07, 6.45) is 1.33. The van der Waals surface area contributed by atoms with Crippen LogP contribution in [0.25, 0.3) is 0 Å². The molecular weight excluding hydrogens is 356 g/mol. The summed E-state index contributed by atoms with van der Waals surface area (Å²) in [5.41, 5.74) is 0.734. The van der Waals surface area contributed by atoms with E-state index >= 15 is 0 Å². The second-order valence-corrected chi connectivity index (χ2v) is 8.18. The van der Waals surface area contributed by atoms with E-state index in [1.807, 2.05) is 0 Å². The van der Waals surface area contributed by atoms with E-state index in [0.717, 1.165) is 10.4 Å². The summed E-state index contributed by atoms with van der Waals surface area (Å²) in [4.78, 5) is -0.387. The molecule has 0 radical (unpaired) electrons. The van der Waals surface area contributed by atoms with Gasteiger partial charge in [-0.05, 0) is 49.6 Å². The first kappa shape index (κ1) is 17.3. The largest absolute Gasteiger partial charge is 0.246 e. The normalized spacial score (nSPS) is 15.0. The van der Waals surface area contributed by atoms with Crippen LogP contribution in [0.1, 0.15) is 24.0 Å². The van der Waals surface area contributed by atoms with Crippen molar-refractivity contribution in [2.24, 2.45) is 0 Å². The molecule has 1 aliphatic rings. The van der Waals surface area contributed by atoms with Crippen LogP contribution in [0.3, 0.4) is 0 Å². The van der Waals surface area contributed by atoms with E-state index in [1.165, 1.54) is 30.3 Å². The molecule has 1 aliphatic carbocycles. The van der Waals surface area contributed by atoms with Gasteiger partial charge in [-0.25, -0.2) is 17.2 Å². The number of rotatable bonds is 5. The van der Waals surface area contributed by atoms with Crippen molar-refractivity contribution >= 4 is 21.6 Å². The number of hydrogen-bond acceptors (Lipinski definition) is 2. The van der Waals surface area contributed by atoms with Crippen LogP contribution in [0.4, 0.5) is 8.78 Å². The Hall–Kier alpha value is -1.50. The lowest BCUT2D eigenvalue weighted by atomic mass is 10.2. The van der Waals surface area contributed by atoms with E-state index in [-0.39, 0.29) is 28.1 Å². The topological polar surface area (TPSA) is 37.4 Å². The van der Waals surface area contributed by atoms with Crippen molar-refractivity contribution in [3.8, 4) is 0 Å². The lowest BCUT2D eigenvalue weighted by molar-refractivity contribution is 0.388. The maximum absolute atomic E-state index is 14.1. The fourth-order valence-electron chi connectivity index (χ4n) is 2.55. The lowest BCUT2D eigenvalue weighted by Gasteiger charge is -2.23. The molecular formula is C17H16ClF2NO2S. The van der Waals surface area contributed by atoms with Crippen LogP contribution < -0.4 is 0 Å². The van der Waals surface area contributed by atoms with Gasteiger partial charge in [0.25, 0.3) is 0 Å². The summed E-state index contributed by atoms with van der Waals surface area (Å²) in [7, 11) is -4.09. The molecule has 0 aromatic heterocycles. The van der Waals surface area contributed by atoms with Crippen LogP contribution in [0.5, 0.6) is 0 Å². The van der Waals surface area contributed by atoms with E-state index in [9.17, 15) is 17.2 Å². The highest BCUT2D eigenvalue weighted by molar-refractivity contribution is 7.89. The molecule has 0 bridgehead atoms. The van der Waals surface area contributed by atoms with Crippen molar-refractivity contribution in [3.63, 3.8) is 0 Å². The van der Waals surface area contributed by atoms with Gasteiger partial charge in [-0.1, -0.05) is 23.7 Å². The van der Waals surface area contributed by atoms with Crippen molar-refractivity contribution in [3.05, 3.63) is 64.2 Å². The van der Waals surface area contributed by atoms with E-state index in [1.54, 1.807) is 6.92 Å². The van der Waals surface area contributed by atoms with E-state index in [4.69, 9.17) is 11.6 Å². The van der Waals surface area contributed by atoms with Gasteiger partial charge >= 0.3 is 0 Å². The van der Waals surface area contributed by atoms with Gasteiger partial charge in [-0.2, -0.15) is 4.31 Å².